The second-order valence-electron chi connectivity index (χ2n) is 3.26. The van der Waals surface area contributed by atoms with Crippen molar-refractivity contribution in [2.24, 2.45) is 5.92 Å². The lowest BCUT2D eigenvalue weighted by atomic mass is 9.92. The van der Waals surface area contributed by atoms with E-state index in [9.17, 15) is 4.79 Å². The van der Waals surface area contributed by atoms with Crippen molar-refractivity contribution in [1.82, 2.24) is 0 Å². The van der Waals surface area contributed by atoms with E-state index < -0.39 is 0 Å². The Kier molecular flexibility index (Phi) is 2.45. The van der Waals surface area contributed by atoms with Gasteiger partial charge in [-0.25, -0.2) is 0 Å². The van der Waals surface area contributed by atoms with Crippen molar-refractivity contribution in [2.75, 3.05) is 13.2 Å². The van der Waals surface area contributed by atoms with E-state index in [0.717, 1.165) is 12.8 Å². The molecule has 1 aromatic rings. The fraction of sp³-hybridized carbons (Fsp3) is 0.500. The molecule has 3 nitrogen and oxygen atoms in total. The quantitative estimate of drug-likeness (QED) is 0.652. The van der Waals surface area contributed by atoms with Gasteiger partial charge in [-0.2, -0.15) is 0 Å². The first kappa shape index (κ1) is 8.51. The van der Waals surface area contributed by atoms with Crippen LogP contribution in [0.4, 0.5) is 0 Å². The lowest BCUT2D eigenvalue weighted by Gasteiger charge is -2.19. The number of rotatable bonds is 2. The molecule has 0 unspecified atom stereocenters. The van der Waals surface area contributed by atoms with E-state index in [1.807, 2.05) is 0 Å². The van der Waals surface area contributed by atoms with Crippen LogP contribution in [0.3, 0.4) is 0 Å². The predicted octanol–water partition coefficient (Wildman–Crippen LogP) is 1.89. The van der Waals surface area contributed by atoms with Crippen molar-refractivity contribution in [1.29, 1.82) is 0 Å². The Morgan fingerprint density at radius 3 is 2.77 bits per heavy atom. The van der Waals surface area contributed by atoms with Crippen LogP contribution in [0.5, 0.6) is 0 Å². The van der Waals surface area contributed by atoms with Crippen LogP contribution in [0.15, 0.2) is 23.0 Å². The number of hydrogen-bond acceptors (Lipinski definition) is 3. The normalized spacial score (nSPS) is 18.8. The third kappa shape index (κ3) is 1.80. The Balaban J connectivity index is 2.04. The number of Topliss-reactive ketones (excluding diaryl/α,β-unsaturated/α-hetero) is 1. The number of ether oxygens (including phenoxy) is 1. The molecule has 0 aromatic carbocycles. The zero-order valence-corrected chi connectivity index (χ0v) is 7.36. The number of ketones is 1. The molecule has 70 valence electrons. The van der Waals surface area contributed by atoms with Crippen LogP contribution < -0.4 is 0 Å². The lowest BCUT2D eigenvalue weighted by Crippen LogP contribution is -2.23. The molecule has 0 bridgehead atoms. The highest BCUT2D eigenvalue weighted by molar-refractivity contribution is 5.97. The smallest absolute Gasteiger partial charge is 0.169 e. The summed E-state index contributed by atoms with van der Waals surface area (Å²) in [5.41, 5.74) is 0.687. The SMILES string of the molecule is O=C(c1ccoc1)C1CCOCC1. The van der Waals surface area contributed by atoms with Crippen LogP contribution in [0.2, 0.25) is 0 Å². The molecule has 3 heteroatoms. The average molecular weight is 180 g/mol. The summed E-state index contributed by atoms with van der Waals surface area (Å²) in [5, 5.41) is 0. The monoisotopic (exact) mass is 180 g/mol. The van der Waals surface area contributed by atoms with Crippen molar-refractivity contribution in [2.45, 2.75) is 12.8 Å². The third-order valence-electron chi connectivity index (χ3n) is 2.40. The summed E-state index contributed by atoms with van der Waals surface area (Å²) in [6.45, 7) is 1.41. The fourth-order valence-corrected chi connectivity index (χ4v) is 1.60. The Bertz CT molecular complexity index is 270. The highest BCUT2D eigenvalue weighted by Gasteiger charge is 2.23. The maximum atomic E-state index is 11.7. The summed E-state index contributed by atoms with van der Waals surface area (Å²) in [6, 6.07) is 1.72. The molecule has 1 aromatic heterocycles. The Morgan fingerprint density at radius 2 is 2.15 bits per heavy atom. The molecule has 0 radical (unpaired) electrons. The molecule has 1 fully saturated rings. The van der Waals surface area contributed by atoms with Crippen LogP contribution in [-0.4, -0.2) is 19.0 Å². The third-order valence-corrected chi connectivity index (χ3v) is 2.40. The molecule has 1 aliphatic rings. The molecular formula is C10H12O3. The molecule has 0 saturated carbocycles. The van der Waals surface area contributed by atoms with Gasteiger partial charge in [-0.05, 0) is 18.9 Å². The minimum absolute atomic E-state index is 0.131. The van der Waals surface area contributed by atoms with Gasteiger partial charge in [0.05, 0.1) is 11.8 Å². The zero-order valence-electron chi connectivity index (χ0n) is 7.36. The van der Waals surface area contributed by atoms with E-state index in [4.69, 9.17) is 9.15 Å². The second kappa shape index (κ2) is 3.75. The van der Waals surface area contributed by atoms with E-state index in [-0.39, 0.29) is 11.7 Å². The van der Waals surface area contributed by atoms with Gasteiger partial charge in [0.25, 0.3) is 0 Å². The van der Waals surface area contributed by atoms with E-state index in [1.165, 1.54) is 12.5 Å². The van der Waals surface area contributed by atoms with E-state index in [1.54, 1.807) is 6.07 Å². The van der Waals surface area contributed by atoms with Gasteiger partial charge in [-0.15, -0.1) is 0 Å². The molecule has 1 saturated heterocycles. The first-order chi connectivity index (χ1) is 6.38. The molecule has 2 heterocycles. The summed E-state index contributed by atoms with van der Waals surface area (Å²) in [5.74, 6) is 0.323. The Morgan fingerprint density at radius 1 is 1.38 bits per heavy atom. The van der Waals surface area contributed by atoms with Crippen molar-refractivity contribution in [3.63, 3.8) is 0 Å². The van der Waals surface area contributed by atoms with Crippen LogP contribution >= 0.6 is 0 Å². The van der Waals surface area contributed by atoms with Gasteiger partial charge in [0.15, 0.2) is 5.78 Å². The molecule has 0 aliphatic carbocycles. The number of carbonyl (C=O) groups is 1. The van der Waals surface area contributed by atoms with E-state index in [0.29, 0.717) is 18.8 Å². The predicted molar refractivity (Wildman–Crippen MR) is 46.6 cm³/mol. The average Bonchev–Trinajstić information content (AvgIpc) is 2.71. The van der Waals surface area contributed by atoms with Crippen LogP contribution in [0.25, 0.3) is 0 Å². The van der Waals surface area contributed by atoms with Gasteiger partial charge in [0.1, 0.15) is 6.26 Å². The lowest BCUT2D eigenvalue weighted by molar-refractivity contribution is 0.0544. The summed E-state index contributed by atoms with van der Waals surface area (Å²) in [7, 11) is 0. The number of carbonyl (C=O) groups excluding carboxylic acids is 1. The maximum absolute atomic E-state index is 11.7. The molecular weight excluding hydrogens is 168 g/mol. The number of hydrogen-bond donors (Lipinski definition) is 0. The Hall–Kier alpha value is -1.09. The minimum Gasteiger partial charge on any atom is -0.472 e. The molecule has 0 atom stereocenters. The van der Waals surface area contributed by atoms with Crippen LogP contribution in [-0.2, 0) is 4.74 Å². The summed E-state index contributed by atoms with van der Waals surface area (Å²) in [4.78, 5) is 11.7. The molecule has 0 N–H and O–H groups in total. The minimum atomic E-state index is 0.131. The van der Waals surface area contributed by atoms with Crippen LogP contribution in [0, 0.1) is 5.92 Å². The second-order valence-corrected chi connectivity index (χ2v) is 3.26. The van der Waals surface area contributed by atoms with Gasteiger partial charge in [0.2, 0.25) is 0 Å². The highest BCUT2D eigenvalue weighted by atomic mass is 16.5. The van der Waals surface area contributed by atoms with Gasteiger partial charge in [0, 0.05) is 19.1 Å². The standard InChI is InChI=1S/C10H12O3/c11-10(9-3-6-13-7-9)8-1-4-12-5-2-8/h3,6-8H,1-2,4-5H2. The maximum Gasteiger partial charge on any atom is 0.169 e. The first-order valence-corrected chi connectivity index (χ1v) is 4.52. The van der Waals surface area contributed by atoms with Crippen molar-refractivity contribution >= 4 is 5.78 Å². The fourth-order valence-electron chi connectivity index (χ4n) is 1.60. The van der Waals surface area contributed by atoms with Gasteiger partial charge >= 0.3 is 0 Å². The summed E-state index contributed by atoms with van der Waals surface area (Å²) in [6.07, 6.45) is 4.72. The summed E-state index contributed by atoms with van der Waals surface area (Å²) < 4.78 is 10.1. The van der Waals surface area contributed by atoms with Crippen molar-refractivity contribution < 1.29 is 13.9 Å². The molecule has 2 rings (SSSR count). The molecule has 0 amide bonds. The first-order valence-electron chi connectivity index (χ1n) is 4.52. The van der Waals surface area contributed by atoms with E-state index >= 15 is 0 Å². The van der Waals surface area contributed by atoms with Gasteiger partial charge < -0.3 is 9.15 Å². The molecule has 0 spiro atoms. The molecule has 1 aliphatic heterocycles. The van der Waals surface area contributed by atoms with Gasteiger partial charge in [-0.1, -0.05) is 0 Å². The Labute approximate surface area is 76.7 Å². The highest BCUT2D eigenvalue weighted by Crippen LogP contribution is 2.20. The van der Waals surface area contributed by atoms with Crippen molar-refractivity contribution in [3.8, 4) is 0 Å². The van der Waals surface area contributed by atoms with Crippen molar-refractivity contribution in [3.05, 3.63) is 24.2 Å². The zero-order chi connectivity index (χ0) is 9.10. The van der Waals surface area contributed by atoms with Crippen LogP contribution in [0.1, 0.15) is 23.2 Å². The molecule has 13 heavy (non-hydrogen) atoms. The largest absolute Gasteiger partial charge is 0.472 e. The van der Waals surface area contributed by atoms with Gasteiger partial charge in [-0.3, -0.25) is 4.79 Å². The summed E-state index contributed by atoms with van der Waals surface area (Å²) >= 11 is 0. The van der Waals surface area contributed by atoms with E-state index in [2.05, 4.69) is 0 Å². The topological polar surface area (TPSA) is 39.4 Å². The number of furan rings is 1.